The molecule has 0 aliphatic carbocycles. The smallest absolute Gasteiger partial charge is 0.410 e. The quantitative estimate of drug-likeness (QED) is 0.420. The number of rotatable bonds is 1. The lowest BCUT2D eigenvalue weighted by Crippen LogP contribution is -2.69. The van der Waals surface area contributed by atoms with Crippen molar-refractivity contribution in [2.24, 2.45) is 5.73 Å². The second kappa shape index (κ2) is 3.37. The molecule has 0 spiro atoms. The zero-order valence-electron chi connectivity index (χ0n) is 9.20. The Labute approximate surface area is 88.5 Å². The van der Waals surface area contributed by atoms with Crippen LogP contribution in [0.1, 0.15) is 20.8 Å². The number of nitrogens with one attached hydrogen (secondary N) is 1. The Balaban J connectivity index is 2.46. The largest absolute Gasteiger partial charge is 0.444 e. The van der Waals surface area contributed by atoms with E-state index in [0.29, 0.717) is 0 Å². The molecule has 1 heterocycles. The number of β-amino-alcohol motifs (C(OH)–C–C–N with tert-alkyl or cyclic N) is 1. The van der Waals surface area contributed by atoms with Crippen LogP contribution in [0.3, 0.4) is 0 Å². The van der Waals surface area contributed by atoms with Crippen molar-refractivity contribution in [2.75, 3.05) is 13.1 Å². The summed E-state index contributed by atoms with van der Waals surface area (Å²) in [5, 5.41) is 16.7. The van der Waals surface area contributed by atoms with Crippen molar-refractivity contribution in [3.63, 3.8) is 0 Å². The molecule has 0 aromatic heterocycles. The van der Waals surface area contributed by atoms with E-state index >= 15 is 0 Å². The molecule has 1 aliphatic heterocycles. The summed E-state index contributed by atoms with van der Waals surface area (Å²) in [4.78, 5) is 12.7. The molecule has 0 unspecified atom stereocenters. The van der Waals surface area contributed by atoms with E-state index in [1.807, 2.05) is 0 Å². The lowest BCUT2D eigenvalue weighted by molar-refractivity contribution is -0.0590. The number of carbonyl (C=O) groups excluding carboxylic acids is 1. The van der Waals surface area contributed by atoms with Crippen molar-refractivity contribution in [3.05, 3.63) is 0 Å². The molecule has 0 radical (unpaired) electrons. The lowest BCUT2D eigenvalue weighted by atomic mass is 9.94. The molecular formula is C9H17N3O3. The fourth-order valence-corrected chi connectivity index (χ4v) is 1.21. The normalized spacial score (nSPS) is 19.3. The molecule has 0 aromatic carbocycles. The highest BCUT2D eigenvalue weighted by Crippen LogP contribution is 2.22. The molecule has 0 bridgehead atoms. The number of carbonyl (C=O) groups is 1. The molecule has 0 atom stereocenters. The number of aliphatic hydroxyl groups is 1. The van der Waals surface area contributed by atoms with Crippen molar-refractivity contribution in [2.45, 2.75) is 32.0 Å². The number of ether oxygens (including phenoxy) is 1. The number of hydrogen-bond donors (Lipinski definition) is 3. The lowest BCUT2D eigenvalue weighted by Gasteiger charge is -2.45. The summed E-state index contributed by atoms with van der Waals surface area (Å²) < 4.78 is 5.08. The monoisotopic (exact) mass is 215 g/mol. The van der Waals surface area contributed by atoms with Crippen LogP contribution >= 0.6 is 0 Å². The van der Waals surface area contributed by atoms with E-state index < -0.39 is 17.3 Å². The van der Waals surface area contributed by atoms with Crippen molar-refractivity contribution in [1.29, 1.82) is 5.41 Å². The number of amides is 1. The summed E-state index contributed by atoms with van der Waals surface area (Å²) in [5.41, 5.74) is 3.26. The van der Waals surface area contributed by atoms with Crippen LogP contribution in [0.15, 0.2) is 0 Å². The van der Waals surface area contributed by atoms with Crippen molar-refractivity contribution in [3.8, 4) is 0 Å². The van der Waals surface area contributed by atoms with Gasteiger partial charge in [0.05, 0.1) is 13.1 Å². The molecule has 6 heteroatoms. The standard InChI is InChI=1S/C9H17N3O3/c1-8(2,3)15-7(13)12-4-9(14,5-12)6(10)11/h14H,4-5H2,1-3H3,(H3,10,11). The molecule has 0 saturated carbocycles. The maximum Gasteiger partial charge on any atom is 0.410 e. The summed E-state index contributed by atoms with van der Waals surface area (Å²) in [6.45, 7) is 5.35. The molecule has 1 fully saturated rings. The first-order valence-electron chi connectivity index (χ1n) is 4.69. The average molecular weight is 215 g/mol. The number of hydrogen-bond acceptors (Lipinski definition) is 4. The van der Waals surface area contributed by atoms with Crippen LogP contribution in [0.5, 0.6) is 0 Å². The Hall–Kier alpha value is -1.30. The van der Waals surface area contributed by atoms with Crippen LogP contribution in [0.25, 0.3) is 0 Å². The SMILES string of the molecule is CC(C)(C)OC(=O)N1CC(O)(C(=N)N)C1. The molecule has 4 N–H and O–H groups in total. The maximum atomic E-state index is 11.4. The van der Waals surface area contributed by atoms with Crippen LogP contribution in [0, 0.1) is 5.41 Å². The van der Waals surface area contributed by atoms with E-state index in [1.54, 1.807) is 20.8 Å². The first kappa shape index (κ1) is 11.8. The van der Waals surface area contributed by atoms with E-state index in [1.165, 1.54) is 4.90 Å². The fraction of sp³-hybridized carbons (Fsp3) is 0.778. The Morgan fingerprint density at radius 3 is 2.33 bits per heavy atom. The zero-order chi connectivity index (χ0) is 11.9. The number of amidine groups is 1. The zero-order valence-corrected chi connectivity index (χ0v) is 9.20. The van der Waals surface area contributed by atoms with Gasteiger partial charge in [0.1, 0.15) is 11.4 Å². The van der Waals surface area contributed by atoms with Gasteiger partial charge in [-0.2, -0.15) is 0 Å². The van der Waals surface area contributed by atoms with Gasteiger partial charge < -0.3 is 20.5 Å². The highest BCUT2D eigenvalue weighted by molar-refractivity contribution is 5.89. The summed E-state index contributed by atoms with van der Waals surface area (Å²) in [6, 6.07) is 0. The Morgan fingerprint density at radius 2 is 2.00 bits per heavy atom. The van der Waals surface area contributed by atoms with Gasteiger partial charge in [-0.3, -0.25) is 5.41 Å². The third-order valence-electron chi connectivity index (χ3n) is 2.06. The topological polar surface area (TPSA) is 99.6 Å². The van der Waals surface area contributed by atoms with E-state index in [-0.39, 0.29) is 18.9 Å². The summed E-state index contributed by atoms with van der Waals surface area (Å²) in [5.74, 6) is -0.317. The van der Waals surface area contributed by atoms with Crippen LogP contribution in [-0.2, 0) is 4.74 Å². The van der Waals surface area contributed by atoms with E-state index in [9.17, 15) is 9.90 Å². The number of nitrogens with two attached hydrogens (primary N) is 1. The first-order chi connectivity index (χ1) is 6.64. The fourth-order valence-electron chi connectivity index (χ4n) is 1.21. The Morgan fingerprint density at radius 1 is 1.53 bits per heavy atom. The van der Waals surface area contributed by atoms with Crippen molar-refractivity contribution >= 4 is 11.9 Å². The highest BCUT2D eigenvalue weighted by atomic mass is 16.6. The van der Waals surface area contributed by atoms with Gasteiger partial charge in [0, 0.05) is 0 Å². The molecule has 6 nitrogen and oxygen atoms in total. The Bertz CT molecular complexity index is 289. The van der Waals surface area contributed by atoms with Crippen LogP contribution in [-0.4, -0.2) is 46.2 Å². The van der Waals surface area contributed by atoms with Gasteiger partial charge in [-0.15, -0.1) is 0 Å². The highest BCUT2D eigenvalue weighted by Gasteiger charge is 2.47. The van der Waals surface area contributed by atoms with E-state index in [4.69, 9.17) is 15.9 Å². The summed E-state index contributed by atoms with van der Waals surface area (Å²) in [6.07, 6.45) is -0.492. The molecule has 1 amide bonds. The minimum atomic E-state index is -1.36. The molecule has 0 aromatic rings. The van der Waals surface area contributed by atoms with Gasteiger partial charge in [0.25, 0.3) is 0 Å². The van der Waals surface area contributed by atoms with Crippen LogP contribution in [0.4, 0.5) is 4.79 Å². The first-order valence-corrected chi connectivity index (χ1v) is 4.69. The minimum Gasteiger partial charge on any atom is -0.444 e. The molecule has 1 saturated heterocycles. The minimum absolute atomic E-state index is 0.0250. The van der Waals surface area contributed by atoms with E-state index in [0.717, 1.165) is 0 Å². The van der Waals surface area contributed by atoms with Gasteiger partial charge in [-0.25, -0.2) is 4.79 Å². The van der Waals surface area contributed by atoms with Crippen LogP contribution in [0.2, 0.25) is 0 Å². The molecule has 15 heavy (non-hydrogen) atoms. The number of nitrogens with zero attached hydrogens (tertiary/aromatic N) is 1. The van der Waals surface area contributed by atoms with Crippen molar-refractivity contribution in [1.82, 2.24) is 4.90 Å². The second-order valence-electron chi connectivity index (χ2n) is 4.78. The van der Waals surface area contributed by atoms with Gasteiger partial charge in [-0.1, -0.05) is 0 Å². The second-order valence-corrected chi connectivity index (χ2v) is 4.78. The molecular weight excluding hydrogens is 198 g/mol. The predicted molar refractivity (Wildman–Crippen MR) is 54.7 cm³/mol. The maximum absolute atomic E-state index is 11.4. The predicted octanol–water partition coefficient (Wildman–Crippen LogP) is -0.0958. The summed E-state index contributed by atoms with van der Waals surface area (Å²) in [7, 11) is 0. The van der Waals surface area contributed by atoms with E-state index in [2.05, 4.69) is 0 Å². The van der Waals surface area contributed by atoms with Gasteiger partial charge >= 0.3 is 6.09 Å². The molecule has 1 rings (SSSR count). The summed E-state index contributed by atoms with van der Waals surface area (Å²) >= 11 is 0. The molecule has 86 valence electrons. The molecule has 1 aliphatic rings. The average Bonchev–Trinajstić information content (AvgIpc) is 1.94. The third kappa shape index (κ3) is 2.59. The Kier molecular flexibility index (Phi) is 2.65. The number of likely N-dealkylation sites (tertiary alicyclic amines) is 1. The third-order valence-corrected chi connectivity index (χ3v) is 2.06. The van der Waals surface area contributed by atoms with Crippen LogP contribution < -0.4 is 5.73 Å². The van der Waals surface area contributed by atoms with Crippen molar-refractivity contribution < 1.29 is 14.6 Å². The van der Waals surface area contributed by atoms with Gasteiger partial charge in [-0.05, 0) is 20.8 Å². The van der Waals surface area contributed by atoms with Gasteiger partial charge in [0.2, 0.25) is 0 Å². The van der Waals surface area contributed by atoms with Gasteiger partial charge in [0.15, 0.2) is 5.60 Å².